The largest absolute Gasteiger partial charge is 0.317 e. The third kappa shape index (κ3) is 3.39. The minimum absolute atomic E-state index is 0.649. The van der Waals surface area contributed by atoms with Gasteiger partial charge in [0, 0.05) is 12.6 Å². The summed E-state index contributed by atoms with van der Waals surface area (Å²) in [6.45, 7) is 6.38. The number of hydrogen-bond acceptors (Lipinski definition) is 2. The summed E-state index contributed by atoms with van der Waals surface area (Å²) in [5, 5.41) is 4.75. The summed E-state index contributed by atoms with van der Waals surface area (Å²) < 4.78 is 0. The minimum Gasteiger partial charge on any atom is -0.317 e. The monoisotopic (exact) mass is 286 g/mol. The lowest BCUT2D eigenvalue weighted by atomic mass is 10.0. The normalized spacial score (nSPS) is 17.3. The van der Waals surface area contributed by atoms with Gasteiger partial charge < -0.3 is 5.32 Å². The Morgan fingerprint density at radius 2 is 2.00 bits per heavy atom. The molecule has 1 aliphatic heterocycles. The Kier molecular flexibility index (Phi) is 5.31. The van der Waals surface area contributed by atoms with Crippen molar-refractivity contribution in [1.82, 2.24) is 10.2 Å². The van der Waals surface area contributed by atoms with Crippen molar-refractivity contribution in [3.8, 4) is 0 Å². The standard InChI is InChI=1S/C14H20Cl2N2/c1-2-18(12-6-8-17-9-7-12)10-11-4-3-5-13(15)14(11)16/h3-5,12,17H,2,6-10H2,1H3. The van der Waals surface area contributed by atoms with Crippen LogP contribution in [0.1, 0.15) is 25.3 Å². The molecular formula is C14H20Cl2N2. The zero-order valence-electron chi connectivity index (χ0n) is 10.8. The summed E-state index contributed by atoms with van der Waals surface area (Å²) in [6, 6.07) is 6.54. The van der Waals surface area contributed by atoms with Crippen molar-refractivity contribution in [2.45, 2.75) is 32.4 Å². The minimum atomic E-state index is 0.649. The molecule has 0 aromatic heterocycles. The molecule has 0 radical (unpaired) electrons. The highest BCUT2D eigenvalue weighted by Gasteiger charge is 2.20. The van der Waals surface area contributed by atoms with E-state index in [0.29, 0.717) is 16.1 Å². The van der Waals surface area contributed by atoms with E-state index in [1.165, 1.54) is 12.8 Å². The maximum absolute atomic E-state index is 6.26. The second-order valence-corrected chi connectivity index (χ2v) is 5.54. The van der Waals surface area contributed by atoms with Crippen molar-refractivity contribution in [3.05, 3.63) is 33.8 Å². The second kappa shape index (κ2) is 6.76. The molecule has 1 fully saturated rings. The average molecular weight is 287 g/mol. The van der Waals surface area contributed by atoms with Crippen LogP contribution in [0.3, 0.4) is 0 Å². The Morgan fingerprint density at radius 3 is 2.67 bits per heavy atom. The van der Waals surface area contributed by atoms with Crippen LogP contribution in [0.15, 0.2) is 18.2 Å². The molecule has 1 aromatic rings. The third-order valence-electron chi connectivity index (χ3n) is 3.64. The van der Waals surface area contributed by atoms with Gasteiger partial charge in [-0.3, -0.25) is 4.90 Å². The maximum atomic E-state index is 6.26. The number of piperidine rings is 1. The number of halogens is 2. The molecule has 0 aliphatic carbocycles. The molecular weight excluding hydrogens is 267 g/mol. The molecule has 2 rings (SSSR count). The van der Waals surface area contributed by atoms with Gasteiger partial charge in [-0.1, -0.05) is 42.3 Å². The van der Waals surface area contributed by atoms with E-state index in [-0.39, 0.29) is 0 Å². The maximum Gasteiger partial charge on any atom is 0.0637 e. The van der Waals surface area contributed by atoms with Gasteiger partial charge in [0.25, 0.3) is 0 Å². The first-order valence-electron chi connectivity index (χ1n) is 6.60. The first-order valence-corrected chi connectivity index (χ1v) is 7.35. The molecule has 1 aromatic carbocycles. The zero-order valence-corrected chi connectivity index (χ0v) is 12.3. The van der Waals surface area contributed by atoms with Crippen LogP contribution in [-0.2, 0) is 6.54 Å². The van der Waals surface area contributed by atoms with Gasteiger partial charge in [0.1, 0.15) is 0 Å². The van der Waals surface area contributed by atoms with Crippen molar-refractivity contribution >= 4 is 23.2 Å². The Bertz CT molecular complexity index is 389. The van der Waals surface area contributed by atoms with E-state index in [1.54, 1.807) is 0 Å². The molecule has 0 unspecified atom stereocenters. The smallest absolute Gasteiger partial charge is 0.0637 e. The van der Waals surface area contributed by atoms with Gasteiger partial charge in [-0.2, -0.15) is 0 Å². The Hall–Kier alpha value is -0.280. The molecule has 0 amide bonds. The Labute approximate surface area is 119 Å². The van der Waals surface area contributed by atoms with Crippen molar-refractivity contribution in [3.63, 3.8) is 0 Å². The van der Waals surface area contributed by atoms with Crippen molar-refractivity contribution < 1.29 is 0 Å². The van der Waals surface area contributed by atoms with Crippen LogP contribution in [0.4, 0.5) is 0 Å². The molecule has 4 heteroatoms. The van der Waals surface area contributed by atoms with E-state index < -0.39 is 0 Å². The van der Waals surface area contributed by atoms with Gasteiger partial charge in [-0.15, -0.1) is 0 Å². The van der Waals surface area contributed by atoms with Crippen LogP contribution in [0, 0.1) is 0 Å². The van der Waals surface area contributed by atoms with Gasteiger partial charge in [0.05, 0.1) is 10.0 Å². The molecule has 1 heterocycles. The van der Waals surface area contributed by atoms with Crippen LogP contribution in [-0.4, -0.2) is 30.6 Å². The van der Waals surface area contributed by atoms with Gasteiger partial charge in [-0.25, -0.2) is 0 Å². The lowest BCUT2D eigenvalue weighted by molar-refractivity contribution is 0.162. The second-order valence-electron chi connectivity index (χ2n) is 4.76. The number of nitrogens with zero attached hydrogens (tertiary/aromatic N) is 1. The van der Waals surface area contributed by atoms with E-state index in [0.717, 1.165) is 31.7 Å². The molecule has 1 aliphatic rings. The summed E-state index contributed by atoms with van der Waals surface area (Å²) in [5.74, 6) is 0. The molecule has 100 valence electrons. The number of hydrogen-bond donors (Lipinski definition) is 1. The highest BCUT2D eigenvalue weighted by Crippen LogP contribution is 2.27. The van der Waals surface area contributed by atoms with Crippen LogP contribution in [0.5, 0.6) is 0 Å². The zero-order chi connectivity index (χ0) is 13.0. The highest BCUT2D eigenvalue weighted by molar-refractivity contribution is 6.42. The predicted molar refractivity (Wildman–Crippen MR) is 78.4 cm³/mol. The SMILES string of the molecule is CCN(Cc1cccc(Cl)c1Cl)C1CCNCC1. The Balaban J connectivity index is 2.07. The number of rotatable bonds is 4. The topological polar surface area (TPSA) is 15.3 Å². The van der Waals surface area contributed by atoms with E-state index in [2.05, 4.69) is 23.2 Å². The number of benzene rings is 1. The van der Waals surface area contributed by atoms with Crippen molar-refractivity contribution in [1.29, 1.82) is 0 Å². The molecule has 1 N–H and O–H groups in total. The van der Waals surface area contributed by atoms with E-state index in [1.807, 2.05) is 12.1 Å². The Morgan fingerprint density at radius 1 is 1.28 bits per heavy atom. The van der Waals surface area contributed by atoms with Crippen LogP contribution in [0.25, 0.3) is 0 Å². The van der Waals surface area contributed by atoms with E-state index in [9.17, 15) is 0 Å². The molecule has 2 nitrogen and oxygen atoms in total. The van der Waals surface area contributed by atoms with Crippen LogP contribution in [0.2, 0.25) is 10.0 Å². The fraction of sp³-hybridized carbons (Fsp3) is 0.571. The van der Waals surface area contributed by atoms with Crippen LogP contribution < -0.4 is 5.32 Å². The van der Waals surface area contributed by atoms with Gasteiger partial charge >= 0.3 is 0 Å². The summed E-state index contributed by atoms with van der Waals surface area (Å²) >= 11 is 12.3. The summed E-state index contributed by atoms with van der Waals surface area (Å²) in [7, 11) is 0. The van der Waals surface area contributed by atoms with E-state index >= 15 is 0 Å². The average Bonchev–Trinajstić information content (AvgIpc) is 2.41. The highest BCUT2D eigenvalue weighted by atomic mass is 35.5. The predicted octanol–water partition coefficient (Wildman–Crippen LogP) is 3.57. The molecule has 0 bridgehead atoms. The fourth-order valence-corrected chi connectivity index (χ4v) is 2.94. The van der Waals surface area contributed by atoms with Gasteiger partial charge in [0.15, 0.2) is 0 Å². The number of nitrogens with one attached hydrogen (secondary N) is 1. The summed E-state index contributed by atoms with van der Waals surface area (Å²) in [4.78, 5) is 2.50. The molecule has 1 saturated heterocycles. The quantitative estimate of drug-likeness (QED) is 0.910. The van der Waals surface area contributed by atoms with Crippen molar-refractivity contribution in [2.75, 3.05) is 19.6 Å². The first-order chi connectivity index (χ1) is 8.72. The lowest BCUT2D eigenvalue weighted by Crippen LogP contribution is -2.42. The molecule has 0 atom stereocenters. The molecule has 0 spiro atoms. The lowest BCUT2D eigenvalue weighted by Gasteiger charge is -2.34. The van der Waals surface area contributed by atoms with Gasteiger partial charge in [-0.05, 0) is 44.1 Å². The first kappa shape index (κ1) is 14.1. The molecule has 0 saturated carbocycles. The third-order valence-corrected chi connectivity index (χ3v) is 4.49. The molecule has 18 heavy (non-hydrogen) atoms. The summed E-state index contributed by atoms with van der Waals surface area (Å²) in [6.07, 6.45) is 2.43. The fourth-order valence-electron chi connectivity index (χ4n) is 2.56. The van der Waals surface area contributed by atoms with Crippen molar-refractivity contribution in [2.24, 2.45) is 0 Å². The summed E-state index contributed by atoms with van der Waals surface area (Å²) in [5.41, 5.74) is 1.13. The van der Waals surface area contributed by atoms with E-state index in [4.69, 9.17) is 23.2 Å². The van der Waals surface area contributed by atoms with Crippen LogP contribution >= 0.6 is 23.2 Å². The van der Waals surface area contributed by atoms with Gasteiger partial charge in [0.2, 0.25) is 0 Å².